The van der Waals surface area contributed by atoms with E-state index in [1.54, 1.807) is 0 Å². The summed E-state index contributed by atoms with van der Waals surface area (Å²) in [5.74, 6) is 0.547. The Morgan fingerprint density at radius 2 is 1.52 bits per heavy atom. The third kappa shape index (κ3) is 6.53. The number of benzene rings is 3. The first-order chi connectivity index (χ1) is 20.0. The first-order valence-electron chi connectivity index (χ1n) is 14.5. The third-order valence-electron chi connectivity index (χ3n) is 7.91. The molecule has 3 nitrogen and oxygen atoms in total. The quantitative estimate of drug-likeness (QED) is 0.0953. The Bertz CT molecular complexity index is 1830. The van der Waals surface area contributed by atoms with Crippen LogP contribution in [0.5, 0.6) is 0 Å². The van der Waals surface area contributed by atoms with Crippen molar-refractivity contribution >= 4 is 68.9 Å². The number of aliphatic hydroxyl groups excluding tert-OH is 1. The number of hydrogen-bond acceptors (Lipinski definition) is 5. The smallest absolute Gasteiger partial charge is 0.162 e. The van der Waals surface area contributed by atoms with Gasteiger partial charge in [-0.3, -0.25) is 4.79 Å². The summed E-state index contributed by atoms with van der Waals surface area (Å²) in [6.07, 6.45) is 6.82. The molecule has 0 aliphatic rings. The molecule has 3 aromatic heterocycles. The normalized spacial score (nSPS) is 11.8. The number of aliphatic hydroxyl groups is 1. The zero-order valence-corrected chi connectivity index (χ0v) is 28.5. The maximum Gasteiger partial charge on any atom is 0.162 e. The largest absolute Gasteiger partial charge is 0.512 e. The van der Waals surface area contributed by atoms with Crippen molar-refractivity contribution in [2.24, 2.45) is 11.8 Å². The maximum absolute atomic E-state index is 11.7. The zero-order chi connectivity index (χ0) is 28.9. The molecule has 0 amide bonds. The van der Waals surface area contributed by atoms with Gasteiger partial charge in [-0.1, -0.05) is 86.3 Å². The Balaban J connectivity index is 0.000000221. The average Bonchev–Trinajstić information content (AvgIpc) is 3.55. The minimum Gasteiger partial charge on any atom is -0.512 e. The summed E-state index contributed by atoms with van der Waals surface area (Å²) < 4.78 is 5.03. The minimum atomic E-state index is 0. The number of hydrogen-bond donors (Lipinski definition) is 1. The van der Waals surface area contributed by atoms with Crippen LogP contribution in [0, 0.1) is 17.9 Å². The van der Waals surface area contributed by atoms with Gasteiger partial charge in [-0.15, -0.1) is 17.5 Å². The van der Waals surface area contributed by atoms with Gasteiger partial charge in [-0.05, 0) is 59.0 Å². The molecule has 1 N–H and O–H groups in total. The summed E-state index contributed by atoms with van der Waals surface area (Å²) >= 11 is 3.63. The number of aromatic nitrogens is 1. The van der Waals surface area contributed by atoms with Crippen molar-refractivity contribution < 1.29 is 30.0 Å². The number of thiophene rings is 2. The van der Waals surface area contributed by atoms with Crippen LogP contribution >= 0.6 is 22.7 Å². The molecule has 0 fully saturated rings. The second-order valence-corrected chi connectivity index (χ2v) is 12.5. The van der Waals surface area contributed by atoms with Gasteiger partial charge in [0.2, 0.25) is 0 Å². The van der Waals surface area contributed by atoms with E-state index >= 15 is 0 Å². The van der Waals surface area contributed by atoms with E-state index in [2.05, 4.69) is 72.8 Å². The summed E-state index contributed by atoms with van der Waals surface area (Å²) in [5, 5.41) is 13.5. The predicted octanol–water partition coefficient (Wildman–Crippen LogP) is 11.2. The van der Waals surface area contributed by atoms with Crippen molar-refractivity contribution in [3.05, 3.63) is 90.8 Å². The monoisotopic (exact) mass is 771 g/mol. The zero-order valence-electron chi connectivity index (χ0n) is 24.4. The standard InChI is InChI=1S/C23H12NS2.C13H24O2.Ir/c1-2-6-14(7-3-1)15-10-11-24-22-18-13-20-17(12-21(18)26-23(15)22)16-8-4-5-9-19(16)25-20;1-5-10(6-2)12(14)9-13(15)11(7-3)8-4;/h1-12H;9-11,14H,5-8H2,1-4H3;/q-1;;/b;12-9-;. The molecule has 0 saturated heterocycles. The Labute approximate surface area is 269 Å². The first kappa shape index (κ1) is 32.0. The molecule has 0 saturated carbocycles. The van der Waals surface area contributed by atoms with Crippen LogP contribution in [0.15, 0.2) is 84.8 Å². The van der Waals surface area contributed by atoms with E-state index < -0.39 is 0 Å². The number of pyridine rings is 1. The van der Waals surface area contributed by atoms with Gasteiger partial charge in [0, 0.05) is 59.1 Å². The van der Waals surface area contributed by atoms with Crippen LogP contribution in [0.3, 0.4) is 0 Å². The Morgan fingerprint density at radius 1 is 0.857 bits per heavy atom. The van der Waals surface area contributed by atoms with E-state index in [4.69, 9.17) is 4.98 Å². The fourth-order valence-corrected chi connectivity index (χ4v) is 7.68. The molecule has 0 atom stereocenters. The summed E-state index contributed by atoms with van der Waals surface area (Å²) in [6, 6.07) is 27.3. The van der Waals surface area contributed by atoms with Crippen LogP contribution in [-0.2, 0) is 24.9 Å². The molecule has 0 aliphatic carbocycles. The van der Waals surface area contributed by atoms with Gasteiger partial charge in [0.25, 0.3) is 0 Å². The van der Waals surface area contributed by atoms with E-state index in [1.807, 2.05) is 56.6 Å². The molecular weight excluding hydrogens is 735 g/mol. The molecule has 42 heavy (non-hydrogen) atoms. The van der Waals surface area contributed by atoms with Crippen molar-refractivity contribution in [3.8, 4) is 11.1 Å². The Hall–Kier alpha value is -2.89. The van der Waals surface area contributed by atoms with Crippen LogP contribution in [-0.4, -0.2) is 15.9 Å². The maximum atomic E-state index is 11.7. The van der Waals surface area contributed by atoms with Crippen molar-refractivity contribution in [3.63, 3.8) is 0 Å². The summed E-state index contributed by atoms with van der Waals surface area (Å²) in [5.41, 5.74) is 3.54. The van der Waals surface area contributed by atoms with Crippen LogP contribution in [0.1, 0.15) is 53.4 Å². The van der Waals surface area contributed by atoms with Crippen LogP contribution < -0.4 is 0 Å². The molecule has 0 aliphatic heterocycles. The number of rotatable bonds is 8. The predicted molar refractivity (Wildman–Crippen MR) is 178 cm³/mol. The van der Waals surface area contributed by atoms with Crippen LogP contribution in [0.25, 0.3) is 51.6 Å². The Kier molecular flexibility index (Phi) is 11.1. The topological polar surface area (TPSA) is 50.2 Å². The van der Waals surface area contributed by atoms with Gasteiger partial charge in [0.1, 0.15) is 0 Å². The fourth-order valence-electron chi connectivity index (χ4n) is 5.40. The average molecular weight is 771 g/mol. The summed E-state index contributed by atoms with van der Waals surface area (Å²) in [7, 11) is 0. The van der Waals surface area contributed by atoms with Crippen molar-refractivity contribution in [1.29, 1.82) is 0 Å². The van der Waals surface area contributed by atoms with Gasteiger partial charge in [0.05, 0.1) is 5.76 Å². The number of ketones is 1. The van der Waals surface area contributed by atoms with Crippen molar-refractivity contribution in [2.75, 3.05) is 0 Å². The molecule has 0 spiro atoms. The van der Waals surface area contributed by atoms with E-state index in [-0.39, 0.29) is 43.5 Å². The summed E-state index contributed by atoms with van der Waals surface area (Å²) in [6.45, 7) is 8.07. The van der Waals surface area contributed by atoms with Crippen molar-refractivity contribution in [2.45, 2.75) is 53.4 Å². The number of fused-ring (bicyclic) bond motifs is 6. The molecule has 6 heteroatoms. The van der Waals surface area contributed by atoms with E-state index in [9.17, 15) is 9.90 Å². The molecule has 3 heterocycles. The Morgan fingerprint density at radius 3 is 2.21 bits per heavy atom. The molecule has 219 valence electrons. The van der Waals surface area contributed by atoms with Gasteiger partial charge in [0.15, 0.2) is 5.78 Å². The fraction of sp³-hybridized carbons (Fsp3) is 0.278. The molecule has 6 rings (SSSR count). The number of allylic oxidation sites excluding steroid dienone is 2. The number of nitrogens with zero attached hydrogens (tertiary/aromatic N) is 1. The molecular formula is C36H36IrNO2S2-. The molecule has 0 unspecified atom stereocenters. The van der Waals surface area contributed by atoms with E-state index in [1.165, 1.54) is 46.8 Å². The minimum absolute atomic E-state index is 0. The van der Waals surface area contributed by atoms with Crippen LogP contribution in [0.4, 0.5) is 0 Å². The van der Waals surface area contributed by atoms with Crippen LogP contribution in [0.2, 0.25) is 0 Å². The van der Waals surface area contributed by atoms with Crippen molar-refractivity contribution in [1.82, 2.24) is 4.98 Å². The second-order valence-electron chi connectivity index (χ2n) is 10.4. The first-order valence-corrected chi connectivity index (χ1v) is 16.2. The summed E-state index contributed by atoms with van der Waals surface area (Å²) in [4.78, 5) is 16.4. The molecule has 3 aromatic carbocycles. The number of carbonyl (C=O) groups is 1. The molecule has 6 aromatic rings. The molecule has 0 bridgehead atoms. The van der Waals surface area contributed by atoms with E-state index in [0.29, 0.717) is 0 Å². The number of carbonyl (C=O) groups excluding carboxylic acids is 1. The van der Waals surface area contributed by atoms with Gasteiger partial charge in [-0.2, -0.15) is 22.7 Å². The second kappa shape index (κ2) is 14.5. The van der Waals surface area contributed by atoms with Gasteiger partial charge >= 0.3 is 0 Å². The van der Waals surface area contributed by atoms with E-state index in [0.717, 1.165) is 36.6 Å². The van der Waals surface area contributed by atoms with Gasteiger partial charge in [-0.25, -0.2) is 0 Å². The molecule has 1 radical (unpaired) electrons. The third-order valence-corrected chi connectivity index (χ3v) is 10.2. The SMILES string of the molecule is CCC(CC)C(=O)/C=C(\O)C(CC)CC.[Ir].[c-]1c2sc3ccccc3c2cc2sc3c(-c4ccccc4)ccnc3c12. The van der Waals surface area contributed by atoms with Gasteiger partial charge < -0.3 is 10.1 Å².